The monoisotopic (exact) mass is 406 g/mol. The van der Waals surface area contributed by atoms with Crippen LogP contribution in [-0.4, -0.2) is 39.6 Å². The normalized spacial score (nSPS) is 21.8. The van der Waals surface area contributed by atoms with Gasteiger partial charge < -0.3 is 19.7 Å². The third kappa shape index (κ3) is 3.88. The van der Waals surface area contributed by atoms with E-state index in [9.17, 15) is 4.79 Å². The highest BCUT2D eigenvalue weighted by atomic mass is 16.5. The highest BCUT2D eigenvalue weighted by Crippen LogP contribution is 2.40. The molecule has 1 aromatic carbocycles. The smallest absolute Gasteiger partial charge is 0.270 e. The molecule has 30 heavy (non-hydrogen) atoms. The lowest BCUT2D eigenvalue weighted by Crippen LogP contribution is -2.46. The van der Waals surface area contributed by atoms with E-state index in [1.54, 1.807) is 6.26 Å². The van der Waals surface area contributed by atoms with Crippen LogP contribution in [0.5, 0.6) is 0 Å². The van der Waals surface area contributed by atoms with Crippen LogP contribution in [0.3, 0.4) is 0 Å². The molecule has 6 heteroatoms. The highest BCUT2D eigenvalue weighted by Gasteiger charge is 2.32. The van der Waals surface area contributed by atoms with Crippen molar-refractivity contribution in [3.05, 3.63) is 53.5 Å². The highest BCUT2D eigenvalue weighted by molar-refractivity contribution is 5.98. The lowest BCUT2D eigenvalue weighted by molar-refractivity contribution is 0.0623. The second-order valence-corrected chi connectivity index (χ2v) is 8.76. The summed E-state index contributed by atoms with van der Waals surface area (Å²) in [5.74, 6) is 0.707. The molecule has 6 nitrogen and oxygen atoms in total. The maximum absolute atomic E-state index is 13.3. The third-order valence-electron chi connectivity index (χ3n) is 6.67. The molecule has 2 aromatic heterocycles. The first-order chi connectivity index (χ1) is 14.7. The average molecular weight is 407 g/mol. The number of hydrogen-bond donors (Lipinski definition) is 2. The molecule has 2 N–H and O–H groups in total. The number of para-hydroxylation sites is 1. The summed E-state index contributed by atoms with van der Waals surface area (Å²) in [6.07, 6.45) is 8.59. The van der Waals surface area contributed by atoms with E-state index >= 15 is 0 Å². The largest absolute Gasteiger partial charge is 0.364 e. The van der Waals surface area contributed by atoms with E-state index < -0.39 is 0 Å². The number of hydrogen-bond acceptors (Lipinski definition) is 4. The van der Waals surface area contributed by atoms with E-state index in [0.29, 0.717) is 17.7 Å². The Morgan fingerprint density at radius 2 is 2.13 bits per heavy atom. The second kappa shape index (κ2) is 8.26. The Morgan fingerprint density at radius 3 is 2.93 bits per heavy atom. The zero-order chi connectivity index (χ0) is 20.5. The van der Waals surface area contributed by atoms with Gasteiger partial charge in [0.15, 0.2) is 0 Å². The summed E-state index contributed by atoms with van der Waals surface area (Å²) >= 11 is 0. The number of fused-ring (bicyclic) bond motifs is 1. The van der Waals surface area contributed by atoms with Gasteiger partial charge in [-0.3, -0.25) is 4.79 Å². The fourth-order valence-electron chi connectivity index (χ4n) is 4.89. The first-order valence-electron chi connectivity index (χ1n) is 11.3. The Balaban J connectivity index is 1.24. The van der Waals surface area contributed by atoms with Crippen LogP contribution in [0.1, 0.15) is 73.1 Å². The molecule has 158 valence electrons. The van der Waals surface area contributed by atoms with Gasteiger partial charge in [-0.05, 0) is 57.6 Å². The van der Waals surface area contributed by atoms with Gasteiger partial charge in [-0.15, -0.1) is 0 Å². The van der Waals surface area contributed by atoms with Crippen LogP contribution in [0.15, 0.2) is 41.1 Å². The summed E-state index contributed by atoms with van der Waals surface area (Å²) in [5.41, 5.74) is 4.03. The summed E-state index contributed by atoms with van der Waals surface area (Å²) in [7, 11) is 0. The summed E-state index contributed by atoms with van der Waals surface area (Å²) < 4.78 is 5.22. The summed E-state index contributed by atoms with van der Waals surface area (Å²) in [5, 5.41) is 9.00. The summed E-state index contributed by atoms with van der Waals surface area (Å²) in [4.78, 5) is 18.6. The predicted octanol–water partition coefficient (Wildman–Crippen LogP) is 4.60. The second-order valence-electron chi connectivity index (χ2n) is 8.76. The van der Waals surface area contributed by atoms with Gasteiger partial charge in [0.2, 0.25) is 0 Å². The van der Waals surface area contributed by atoms with E-state index in [1.807, 2.05) is 35.2 Å². The molecule has 2 saturated carbocycles. The van der Waals surface area contributed by atoms with Gasteiger partial charge in [-0.1, -0.05) is 23.4 Å². The Labute approximate surface area is 177 Å². The van der Waals surface area contributed by atoms with E-state index in [2.05, 4.69) is 22.4 Å². The predicted molar refractivity (Wildman–Crippen MR) is 116 cm³/mol. The number of nitrogens with one attached hydrogen (secondary N) is 2. The number of rotatable bonds is 7. The van der Waals surface area contributed by atoms with Crippen molar-refractivity contribution in [3.63, 3.8) is 0 Å². The Bertz CT molecular complexity index is 986. The molecule has 2 heterocycles. The minimum absolute atomic E-state index is 0.106. The summed E-state index contributed by atoms with van der Waals surface area (Å²) in [6, 6.07) is 10.7. The molecule has 0 saturated heterocycles. The standard InChI is InChI=1S/C24H30N4O2/c1-2-28(24(29)22-12-17-6-3-4-9-21(17)26-22)20-8-5-7-19(13-20)25-14-18-15-30-27-23(18)16-10-11-16/h3-4,6,9,12,15-16,19-20,25-26H,2,5,7-8,10-11,13-14H2,1H3/t19-,20+/m1/s1. The third-order valence-corrected chi connectivity index (χ3v) is 6.67. The quantitative estimate of drug-likeness (QED) is 0.601. The zero-order valence-electron chi connectivity index (χ0n) is 17.6. The maximum atomic E-state index is 13.3. The van der Waals surface area contributed by atoms with Crippen molar-refractivity contribution < 1.29 is 9.32 Å². The molecule has 0 spiro atoms. The number of benzene rings is 1. The molecular formula is C24H30N4O2. The number of carbonyl (C=O) groups is 1. The molecule has 2 atom stereocenters. The molecular weight excluding hydrogens is 376 g/mol. The molecule has 0 bridgehead atoms. The lowest BCUT2D eigenvalue weighted by atomic mass is 9.89. The van der Waals surface area contributed by atoms with Gasteiger partial charge in [0.05, 0.1) is 5.69 Å². The van der Waals surface area contributed by atoms with Gasteiger partial charge in [-0.25, -0.2) is 0 Å². The number of carbonyl (C=O) groups excluding carboxylic acids is 1. The molecule has 0 unspecified atom stereocenters. The van der Waals surface area contributed by atoms with Gasteiger partial charge in [0, 0.05) is 47.6 Å². The minimum Gasteiger partial charge on any atom is -0.364 e. The van der Waals surface area contributed by atoms with Crippen molar-refractivity contribution >= 4 is 16.8 Å². The fourth-order valence-corrected chi connectivity index (χ4v) is 4.89. The van der Waals surface area contributed by atoms with Gasteiger partial charge in [0.1, 0.15) is 12.0 Å². The maximum Gasteiger partial charge on any atom is 0.270 e. The summed E-state index contributed by atoms with van der Waals surface area (Å²) in [6.45, 7) is 3.61. The van der Waals surface area contributed by atoms with Crippen LogP contribution < -0.4 is 5.32 Å². The number of aromatic nitrogens is 2. The number of amides is 1. The van der Waals surface area contributed by atoms with Crippen molar-refractivity contribution in [3.8, 4) is 0 Å². The average Bonchev–Trinajstić information content (AvgIpc) is 3.34. The van der Waals surface area contributed by atoms with Crippen molar-refractivity contribution in [2.75, 3.05) is 6.54 Å². The van der Waals surface area contributed by atoms with E-state index in [1.165, 1.54) is 18.4 Å². The fraction of sp³-hybridized carbons (Fsp3) is 0.500. The van der Waals surface area contributed by atoms with Crippen molar-refractivity contribution in [2.45, 2.75) is 70.0 Å². The van der Waals surface area contributed by atoms with Crippen LogP contribution in [0.25, 0.3) is 10.9 Å². The number of aromatic amines is 1. The molecule has 0 aliphatic heterocycles. The SMILES string of the molecule is CCN(C(=O)c1cc2ccccc2[nH]1)[C@H]1CCC[C@@H](NCc2conc2C2CC2)C1. The van der Waals surface area contributed by atoms with Crippen molar-refractivity contribution in [2.24, 2.45) is 0 Å². The van der Waals surface area contributed by atoms with Crippen LogP contribution >= 0.6 is 0 Å². The van der Waals surface area contributed by atoms with Gasteiger partial charge in [0.25, 0.3) is 5.91 Å². The molecule has 3 aromatic rings. The van der Waals surface area contributed by atoms with Crippen LogP contribution in [-0.2, 0) is 6.54 Å². The molecule has 2 aliphatic rings. The molecule has 5 rings (SSSR count). The molecule has 2 fully saturated rings. The van der Waals surface area contributed by atoms with Crippen molar-refractivity contribution in [1.82, 2.24) is 20.4 Å². The van der Waals surface area contributed by atoms with E-state index in [0.717, 1.165) is 55.4 Å². The van der Waals surface area contributed by atoms with Crippen LogP contribution in [0, 0.1) is 0 Å². The number of H-pyrrole nitrogens is 1. The van der Waals surface area contributed by atoms with Gasteiger partial charge in [-0.2, -0.15) is 0 Å². The minimum atomic E-state index is 0.106. The zero-order valence-corrected chi connectivity index (χ0v) is 17.6. The first-order valence-corrected chi connectivity index (χ1v) is 11.3. The Hall–Kier alpha value is -2.60. The molecule has 1 amide bonds. The van der Waals surface area contributed by atoms with E-state index in [-0.39, 0.29) is 11.9 Å². The number of nitrogens with zero attached hydrogens (tertiary/aromatic N) is 2. The molecule has 0 radical (unpaired) electrons. The first kappa shape index (κ1) is 19.4. The van der Waals surface area contributed by atoms with Crippen molar-refractivity contribution in [1.29, 1.82) is 0 Å². The lowest BCUT2D eigenvalue weighted by Gasteiger charge is -2.37. The van der Waals surface area contributed by atoms with Gasteiger partial charge >= 0.3 is 0 Å². The molecule has 2 aliphatic carbocycles. The van der Waals surface area contributed by atoms with Crippen LogP contribution in [0.4, 0.5) is 0 Å². The Morgan fingerprint density at radius 1 is 1.27 bits per heavy atom. The van der Waals surface area contributed by atoms with Crippen LogP contribution in [0.2, 0.25) is 0 Å². The Kier molecular flexibility index (Phi) is 5.34. The van der Waals surface area contributed by atoms with E-state index in [4.69, 9.17) is 4.52 Å². The topological polar surface area (TPSA) is 74.2 Å².